The molecule has 5 heteroatoms. The topological polar surface area (TPSA) is 77.0 Å². The first kappa shape index (κ1) is 12.5. The second kappa shape index (κ2) is 5.57. The number of rotatable bonds is 4. The predicted molar refractivity (Wildman–Crippen MR) is 68.8 cm³/mol. The van der Waals surface area contributed by atoms with Crippen molar-refractivity contribution in [3.8, 4) is 0 Å². The summed E-state index contributed by atoms with van der Waals surface area (Å²) >= 11 is 0. The van der Waals surface area contributed by atoms with Crippen LogP contribution in [0.15, 0.2) is 42.7 Å². The number of anilines is 1. The van der Waals surface area contributed by atoms with E-state index in [4.69, 9.17) is 11.6 Å². The van der Waals surface area contributed by atoms with Crippen LogP contribution < -0.4 is 17.0 Å². The molecule has 1 aromatic carbocycles. The largest absolute Gasteiger partial charge is 0.398 e. The summed E-state index contributed by atoms with van der Waals surface area (Å²) in [5.74, 6) is 5.20. The van der Waals surface area contributed by atoms with Crippen LogP contribution in [-0.4, -0.2) is 4.98 Å². The van der Waals surface area contributed by atoms with E-state index >= 15 is 0 Å². The molecule has 1 heterocycles. The Kier molecular flexibility index (Phi) is 3.86. The highest BCUT2D eigenvalue weighted by molar-refractivity contribution is 5.48. The van der Waals surface area contributed by atoms with Crippen LogP contribution in [0.1, 0.15) is 17.2 Å². The van der Waals surface area contributed by atoms with Crippen LogP contribution in [0.2, 0.25) is 0 Å². The van der Waals surface area contributed by atoms with Crippen molar-refractivity contribution in [1.82, 2.24) is 10.4 Å². The maximum absolute atomic E-state index is 13.2. The smallest absolute Gasteiger partial charge is 0.123 e. The zero-order chi connectivity index (χ0) is 13.0. The van der Waals surface area contributed by atoms with E-state index in [1.807, 2.05) is 12.1 Å². The normalized spacial score (nSPS) is 12.3. The molecule has 0 aliphatic heterocycles. The lowest BCUT2D eigenvalue weighted by molar-refractivity contribution is 0.545. The van der Waals surface area contributed by atoms with Gasteiger partial charge < -0.3 is 5.73 Å². The summed E-state index contributed by atoms with van der Waals surface area (Å²) in [5, 5.41) is 0. The summed E-state index contributed by atoms with van der Waals surface area (Å²) < 4.78 is 13.2. The van der Waals surface area contributed by atoms with Gasteiger partial charge in [0.15, 0.2) is 0 Å². The van der Waals surface area contributed by atoms with Crippen LogP contribution in [0.4, 0.5) is 10.1 Å². The van der Waals surface area contributed by atoms with Crippen LogP contribution in [0, 0.1) is 5.82 Å². The maximum atomic E-state index is 13.2. The van der Waals surface area contributed by atoms with Gasteiger partial charge in [0.2, 0.25) is 0 Å². The van der Waals surface area contributed by atoms with Crippen molar-refractivity contribution in [1.29, 1.82) is 0 Å². The molecule has 5 N–H and O–H groups in total. The molecule has 18 heavy (non-hydrogen) atoms. The van der Waals surface area contributed by atoms with Crippen LogP contribution in [0.25, 0.3) is 0 Å². The Balaban J connectivity index is 2.26. The minimum absolute atomic E-state index is 0.245. The Hall–Kier alpha value is -1.98. The van der Waals surface area contributed by atoms with Gasteiger partial charge in [-0.05, 0) is 41.8 Å². The second-order valence-corrected chi connectivity index (χ2v) is 4.06. The molecule has 0 bridgehead atoms. The number of aromatic nitrogens is 1. The van der Waals surface area contributed by atoms with Crippen molar-refractivity contribution in [2.45, 2.75) is 12.5 Å². The Morgan fingerprint density at radius 1 is 1.33 bits per heavy atom. The van der Waals surface area contributed by atoms with Gasteiger partial charge in [-0.15, -0.1) is 0 Å². The van der Waals surface area contributed by atoms with Crippen molar-refractivity contribution in [3.63, 3.8) is 0 Å². The number of nitrogens with zero attached hydrogens (tertiary/aromatic N) is 1. The predicted octanol–water partition coefficient (Wildman–Crippen LogP) is 1.55. The summed E-state index contributed by atoms with van der Waals surface area (Å²) in [6.45, 7) is 0. The Morgan fingerprint density at radius 3 is 2.83 bits per heavy atom. The summed E-state index contributed by atoms with van der Waals surface area (Å²) in [5.41, 5.74) is 10.7. The number of benzene rings is 1. The number of halogens is 1. The minimum Gasteiger partial charge on any atom is -0.398 e. The zero-order valence-electron chi connectivity index (χ0n) is 9.81. The second-order valence-electron chi connectivity index (χ2n) is 4.06. The summed E-state index contributed by atoms with van der Waals surface area (Å²) in [7, 11) is 0. The molecular formula is C13H15FN4. The van der Waals surface area contributed by atoms with Crippen LogP contribution in [-0.2, 0) is 6.42 Å². The first-order chi connectivity index (χ1) is 8.70. The van der Waals surface area contributed by atoms with Gasteiger partial charge >= 0.3 is 0 Å². The van der Waals surface area contributed by atoms with E-state index in [0.717, 1.165) is 5.56 Å². The van der Waals surface area contributed by atoms with Gasteiger partial charge in [0, 0.05) is 18.1 Å². The van der Waals surface area contributed by atoms with Crippen molar-refractivity contribution < 1.29 is 4.39 Å². The third-order valence-corrected chi connectivity index (χ3v) is 2.79. The molecule has 1 atom stereocenters. The summed E-state index contributed by atoms with van der Waals surface area (Å²) in [6, 6.07) is 7.81. The number of nitrogens with one attached hydrogen (secondary N) is 1. The van der Waals surface area contributed by atoms with Gasteiger partial charge in [-0.25, -0.2) is 4.39 Å². The number of hydrogen-bond acceptors (Lipinski definition) is 4. The highest BCUT2D eigenvalue weighted by Crippen LogP contribution is 2.23. The van der Waals surface area contributed by atoms with E-state index in [1.165, 1.54) is 18.2 Å². The van der Waals surface area contributed by atoms with E-state index in [0.29, 0.717) is 17.7 Å². The van der Waals surface area contributed by atoms with E-state index in [9.17, 15) is 4.39 Å². The number of hydrogen-bond donors (Lipinski definition) is 3. The third-order valence-electron chi connectivity index (χ3n) is 2.79. The van der Waals surface area contributed by atoms with Crippen LogP contribution >= 0.6 is 0 Å². The van der Waals surface area contributed by atoms with E-state index in [1.54, 1.807) is 12.4 Å². The van der Waals surface area contributed by atoms with Crippen molar-refractivity contribution >= 4 is 5.69 Å². The molecule has 0 aliphatic rings. The average Bonchev–Trinajstić information content (AvgIpc) is 2.40. The standard InChI is InChI=1S/C13H15FN4/c14-10-3-4-12(15)11(7-10)13(18-16)6-9-2-1-5-17-8-9/h1-5,7-8,13,18H,6,15-16H2. The van der Waals surface area contributed by atoms with Gasteiger partial charge in [0.1, 0.15) is 5.82 Å². The molecule has 0 fully saturated rings. The molecule has 94 valence electrons. The molecule has 1 unspecified atom stereocenters. The number of nitrogen functional groups attached to an aromatic ring is 1. The molecule has 1 aromatic heterocycles. The molecule has 0 saturated carbocycles. The van der Waals surface area contributed by atoms with Gasteiger partial charge in [-0.3, -0.25) is 16.3 Å². The molecule has 4 nitrogen and oxygen atoms in total. The number of pyridine rings is 1. The lowest BCUT2D eigenvalue weighted by Crippen LogP contribution is -2.30. The molecule has 0 amide bonds. The number of hydrazine groups is 1. The zero-order valence-corrected chi connectivity index (χ0v) is 9.81. The highest BCUT2D eigenvalue weighted by Gasteiger charge is 2.14. The molecular weight excluding hydrogens is 231 g/mol. The van der Waals surface area contributed by atoms with Crippen LogP contribution in [0.3, 0.4) is 0 Å². The van der Waals surface area contributed by atoms with Crippen molar-refractivity contribution in [2.24, 2.45) is 5.84 Å². The van der Waals surface area contributed by atoms with Crippen molar-refractivity contribution in [2.75, 3.05) is 5.73 Å². The first-order valence-corrected chi connectivity index (χ1v) is 5.60. The lowest BCUT2D eigenvalue weighted by Gasteiger charge is -2.18. The van der Waals surface area contributed by atoms with Gasteiger partial charge in [-0.2, -0.15) is 0 Å². The van der Waals surface area contributed by atoms with Crippen LogP contribution in [0.5, 0.6) is 0 Å². The fourth-order valence-electron chi connectivity index (χ4n) is 1.86. The maximum Gasteiger partial charge on any atom is 0.123 e. The first-order valence-electron chi connectivity index (χ1n) is 5.60. The monoisotopic (exact) mass is 246 g/mol. The minimum atomic E-state index is -0.328. The Morgan fingerprint density at radius 2 is 2.17 bits per heavy atom. The van der Waals surface area contributed by atoms with E-state index < -0.39 is 0 Å². The van der Waals surface area contributed by atoms with Crippen molar-refractivity contribution in [3.05, 3.63) is 59.7 Å². The summed E-state index contributed by atoms with van der Waals surface area (Å²) in [4.78, 5) is 4.03. The SMILES string of the molecule is NNC(Cc1cccnc1)c1cc(F)ccc1N. The van der Waals surface area contributed by atoms with E-state index in [2.05, 4.69) is 10.4 Å². The van der Waals surface area contributed by atoms with Gasteiger partial charge in [-0.1, -0.05) is 6.07 Å². The molecule has 2 rings (SSSR count). The summed E-state index contributed by atoms with van der Waals surface area (Å²) in [6.07, 6.45) is 4.04. The third kappa shape index (κ3) is 2.82. The van der Waals surface area contributed by atoms with Gasteiger partial charge in [0.05, 0.1) is 6.04 Å². The quantitative estimate of drug-likeness (QED) is 0.434. The molecule has 0 aliphatic carbocycles. The highest BCUT2D eigenvalue weighted by atomic mass is 19.1. The Labute approximate surface area is 105 Å². The van der Waals surface area contributed by atoms with Gasteiger partial charge in [0.25, 0.3) is 0 Å². The Bertz CT molecular complexity index is 516. The van der Waals surface area contributed by atoms with E-state index in [-0.39, 0.29) is 11.9 Å². The fraction of sp³-hybridized carbons (Fsp3) is 0.154. The number of nitrogens with two attached hydrogens (primary N) is 2. The molecule has 0 radical (unpaired) electrons. The lowest BCUT2D eigenvalue weighted by atomic mass is 9.99. The molecule has 0 spiro atoms. The fourth-order valence-corrected chi connectivity index (χ4v) is 1.86. The average molecular weight is 246 g/mol. The molecule has 2 aromatic rings. The molecule has 0 saturated heterocycles.